The van der Waals surface area contributed by atoms with Crippen molar-refractivity contribution in [1.29, 1.82) is 0 Å². The number of carbonyl (C=O) groups excluding carboxylic acids is 2. The van der Waals surface area contributed by atoms with E-state index in [1.807, 2.05) is 75.4 Å². The van der Waals surface area contributed by atoms with E-state index in [0.29, 0.717) is 36.2 Å². The number of benzene rings is 4. The summed E-state index contributed by atoms with van der Waals surface area (Å²) in [5.74, 6) is -0.221. The fraction of sp³-hybridized carbons (Fsp3) is 0.316. The van der Waals surface area contributed by atoms with Crippen molar-refractivity contribution in [2.45, 2.75) is 70.9 Å². The summed E-state index contributed by atoms with van der Waals surface area (Å²) in [6.07, 6.45) is 0.902. The van der Waals surface area contributed by atoms with Crippen molar-refractivity contribution < 1.29 is 24.9 Å². The van der Waals surface area contributed by atoms with E-state index in [4.69, 9.17) is 0 Å². The SMILES string of the molecule is CC(Cc1cccc(CC(=O)NCc2ccc(C(=O)NC(C)(C)Cc3ccccc3)cc2)c1)NC[C@H](O)c1ccc(O)c(CO)c1. The number of rotatable bonds is 15. The Hall–Kier alpha value is -4.50. The molecule has 0 aromatic heterocycles. The molecular weight excluding hydrogens is 578 g/mol. The number of aliphatic hydroxyl groups is 2. The first kappa shape index (κ1) is 34.4. The highest BCUT2D eigenvalue weighted by Crippen LogP contribution is 2.22. The maximum atomic E-state index is 12.9. The third kappa shape index (κ3) is 10.5. The molecule has 0 spiro atoms. The lowest BCUT2D eigenvalue weighted by Gasteiger charge is -2.26. The van der Waals surface area contributed by atoms with Crippen molar-refractivity contribution in [2.24, 2.45) is 0 Å². The first-order valence-corrected chi connectivity index (χ1v) is 15.7. The lowest BCUT2D eigenvalue weighted by molar-refractivity contribution is -0.120. The molecular formula is C38H45N3O5. The van der Waals surface area contributed by atoms with Crippen molar-refractivity contribution in [1.82, 2.24) is 16.0 Å². The summed E-state index contributed by atoms with van der Waals surface area (Å²) in [7, 11) is 0. The Balaban J connectivity index is 1.21. The Morgan fingerprint density at radius 3 is 2.24 bits per heavy atom. The topological polar surface area (TPSA) is 131 Å². The van der Waals surface area contributed by atoms with Crippen LogP contribution in [0.2, 0.25) is 0 Å². The molecule has 4 aromatic rings. The highest BCUT2D eigenvalue weighted by Gasteiger charge is 2.22. The number of hydrogen-bond donors (Lipinski definition) is 6. The van der Waals surface area contributed by atoms with Crippen LogP contribution >= 0.6 is 0 Å². The molecule has 46 heavy (non-hydrogen) atoms. The first-order valence-electron chi connectivity index (χ1n) is 15.7. The van der Waals surface area contributed by atoms with Gasteiger partial charge in [-0.25, -0.2) is 0 Å². The van der Waals surface area contributed by atoms with E-state index in [-0.39, 0.29) is 36.6 Å². The number of amides is 2. The Morgan fingerprint density at radius 1 is 0.826 bits per heavy atom. The summed E-state index contributed by atoms with van der Waals surface area (Å²) in [6, 6.07) is 30.1. The Kier molecular flexibility index (Phi) is 12.1. The van der Waals surface area contributed by atoms with Gasteiger partial charge in [0.15, 0.2) is 0 Å². The molecule has 0 radical (unpaired) electrons. The van der Waals surface area contributed by atoms with E-state index < -0.39 is 11.6 Å². The first-order chi connectivity index (χ1) is 22.0. The minimum Gasteiger partial charge on any atom is -0.508 e. The molecule has 242 valence electrons. The second-order valence-corrected chi connectivity index (χ2v) is 12.5. The molecule has 2 amide bonds. The lowest BCUT2D eigenvalue weighted by atomic mass is 9.94. The second-order valence-electron chi connectivity index (χ2n) is 12.5. The maximum absolute atomic E-state index is 12.9. The molecule has 0 aliphatic heterocycles. The predicted octanol–water partition coefficient (Wildman–Crippen LogP) is 4.75. The molecule has 4 aromatic carbocycles. The molecule has 8 heteroatoms. The van der Waals surface area contributed by atoms with Crippen LogP contribution in [-0.2, 0) is 37.2 Å². The third-order valence-corrected chi connectivity index (χ3v) is 7.86. The number of carbonyl (C=O) groups is 2. The Labute approximate surface area is 271 Å². The van der Waals surface area contributed by atoms with Gasteiger partial charge in [0.2, 0.25) is 5.91 Å². The molecule has 8 nitrogen and oxygen atoms in total. The lowest BCUT2D eigenvalue weighted by Crippen LogP contribution is -2.45. The van der Waals surface area contributed by atoms with Crippen molar-refractivity contribution in [3.05, 3.63) is 136 Å². The van der Waals surface area contributed by atoms with Gasteiger partial charge in [0.25, 0.3) is 5.91 Å². The molecule has 0 fully saturated rings. The largest absolute Gasteiger partial charge is 0.508 e. The Morgan fingerprint density at radius 2 is 1.52 bits per heavy atom. The van der Waals surface area contributed by atoms with Crippen LogP contribution < -0.4 is 16.0 Å². The molecule has 0 heterocycles. The van der Waals surface area contributed by atoms with Gasteiger partial charge in [-0.1, -0.05) is 72.8 Å². The van der Waals surface area contributed by atoms with Crippen LogP contribution in [0.15, 0.2) is 97.1 Å². The molecule has 4 rings (SSSR count). The summed E-state index contributed by atoms with van der Waals surface area (Å²) in [5, 5.41) is 39.1. The molecule has 1 unspecified atom stereocenters. The molecule has 0 aliphatic rings. The van der Waals surface area contributed by atoms with Gasteiger partial charge in [-0.15, -0.1) is 0 Å². The zero-order chi connectivity index (χ0) is 33.1. The van der Waals surface area contributed by atoms with Crippen LogP contribution in [0.5, 0.6) is 5.75 Å². The summed E-state index contributed by atoms with van der Waals surface area (Å²) in [4.78, 5) is 25.6. The summed E-state index contributed by atoms with van der Waals surface area (Å²) >= 11 is 0. The minimum absolute atomic E-state index is 0.00273. The molecule has 0 aliphatic carbocycles. The fourth-order valence-electron chi connectivity index (χ4n) is 5.41. The van der Waals surface area contributed by atoms with Gasteiger partial charge in [0.1, 0.15) is 5.75 Å². The quantitative estimate of drug-likeness (QED) is 0.113. The van der Waals surface area contributed by atoms with Crippen LogP contribution in [0.4, 0.5) is 0 Å². The number of aliphatic hydroxyl groups excluding tert-OH is 2. The van der Waals surface area contributed by atoms with Crippen LogP contribution in [0.1, 0.15) is 70.6 Å². The van der Waals surface area contributed by atoms with Gasteiger partial charge in [0.05, 0.1) is 19.1 Å². The fourth-order valence-corrected chi connectivity index (χ4v) is 5.41. The van der Waals surface area contributed by atoms with Crippen molar-refractivity contribution in [3.8, 4) is 5.75 Å². The molecule has 0 saturated heterocycles. The van der Waals surface area contributed by atoms with Crippen LogP contribution in [0.25, 0.3) is 0 Å². The van der Waals surface area contributed by atoms with Gasteiger partial charge in [0, 0.05) is 35.8 Å². The summed E-state index contributed by atoms with van der Waals surface area (Å²) in [6.45, 7) is 6.43. The van der Waals surface area contributed by atoms with Gasteiger partial charge in [-0.2, -0.15) is 0 Å². The van der Waals surface area contributed by atoms with Gasteiger partial charge in [-0.05, 0) is 85.7 Å². The number of nitrogens with one attached hydrogen (secondary N) is 3. The number of phenols is 1. The van der Waals surface area contributed by atoms with E-state index in [1.165, 1.54) is 6.07 Å². The average Bonchev–Trinajstić information content (AvgIpc) is 3.03. The van der Waals surface area contributed by atoms with Crippen LogP contribution in [-0.4, -0.2) is 45.3 Å². The van der Waals surface area contributed by atoms with Crippen molar-refractivity contribution in [2.75, 3.05) is 6.54 Å². The van der Waals surface area contributed by atoms with Crippen LogP contribution in [0, 0.1) is 0 Å². The molecule has 0 bridgehead atoms. The van der Waals surface area contributed by atoms with E-state index in [9.17, 15) is 24.9 Å². The Bertz CT molecular complexity index is 1590. The smallest absolute Gasteiger partial charge is 0.251 e. The standard InChI is InChI=1S/C38H45N3O5/c1-26(39-24-35(44)32-16-17-34(43)33(21-32)25-42)18-29-10-7-11-30(19-29)20-36(45)40-23-28-12-14-31(15-13-28)37(46)41-38(2,3)22-27-8-5-4-6-9-27/h4-17,19,21,26,35,39,42-44H,18,20,22-25H2,1-3H3,(H,40,45)(H,41,46)/t26?,35-/m0/s1. The third-order valence-electron chi connectivity index (χ3n) is 7.86. The van der Waals surface area contributed by atoms with Gasteiger partial charge >= 0.3 is 0 Å². The molecule has 6 N–H and O–H groups in total. The normalized spacial score (nSPS) is 12.7. The molecule has 2 atom stereocenters. The molecule has 0 saturated carbocycles. The second kappa shape index (κ2) is 16.2. The highest BCUT2D eigenvalue weighted by atomic mass is 16.3. The van der Waals surface area contributed by atoms with E-state index in [2.05, 4.69) is 28.1 Å². The zero-order valence-electron chi connectivity index (χ0n) is 26.8. The van der Waals surface area contributed by atoms with Gasteiger partial charge in [-0.3, -0.25) is 9.59 Å². The number of aromatic hydroxyl groups is 1. The van der Waals surface area contributed by atoms with Crippen LogP contribution in [0.3, 0.4) is 0 Å². The van der Waals surface area contributed by atoms with Crippen molar-refractivity contribution >= 4 is 11.8 Å². The minimum atomic E-state index is -0.784. The summed E-state index contributed by atoms with van der Waals surface area (Å²) < 4.78 is 0. The predicted molar refractivity (Wildman–Crippen MR) is 180 cm³/mol. The monoisotopic (exact) mass is 623 g/mol. The van der Waals surface area contributed by atoms with Gasteiger partial charge < -0.3 is 31.3 Å². The van der Waals surface area contributed by atoms with E-state index >= 15 is 0 Å². The highest BCUT2D eigenvalue weighted by molar-refractivity contribution is 5.94. The summed E-state index contributed by atoms with van der Waals surface area (Å²) in [5.41, 5.74) is 5.22. The maximum Gasteiger partial charge on any atom is 0.251 e. The average molecular weight is 624 g/mol. The zero-order valence-corrected chi connectivity index (χ0v) is 26.8. The van der Waals surface area contributed by atoms with Crippen molar-refractivity contribution in [3.63, 3.8) is 0 Å². The van der Waals surface area contributed by atoms with E-state index in [0.717, 1.165) is 28.7 Å². The van der Waals surface area contributed by atoms with E-state index in [1.54, 1.807) is 24.3 Å². The number of hydrogen-bond acceptors (Lipinski definition) is 6.